The van der Waals surface area contributed by atoms with E-state index < -0.39 is 84.9 Å². The van der Waals surface area contributed by atoms with Crippen LogP contribution in [0.15, 0.2) is 51.2 Å². The van der Waals surface area contributed by atoms with Crippen LogP contribution >= 0.6 is 0 Å². The van der Waals surface area contributed by atoms with Crippen LogP contribution in [0.1, 0.15) is 26.3 Å². The van der Waals surface area contributed by atoms with Gasteiger partial charge >= 0.3 is 0 Å². The predicted molar refractivity (Wildman–Crippen MR) is 167 cm³/mol. The molecule has 3 aromatic rings. The second-order valence-electron chi connectivity index (χ2n) is 12.0. The molecule has 0 amide bonds. The first-order valence-electron chi connectivity index (χ1n) is 15.2. The zero-order valence-corrected chi connectivity index (χ0v) is 26.6. The molecule has 2 aliphatic rings. The summed E-state index contributed by atoms with van der Waals surface area (Å²) in [5.41, 5.74) is 0.434. The van der Waals surface area contributed by atoms with Crippen LogP contribution in [0.25, 0.3) is 22.3 Å². The van der Waals surface area contributed by atoms with Crippen molar-refractivity contribution in [1.29, 1.82) is 0 Å². The second-order valence-corrected chi connectivity index (χ2v) is 12.0. The third-order valence-electron chi connectivity index (χ3n) is 8.41. The Morgan fingerprint density at radius 1 is 0.896 bits per heavy atom. The molecule has 262 valence electrons. The van der Waals surface area contributed by atoms with E-state index in [0.29, 0.717) is 11.3 Å². The van der Waals surface area contributed by atoms with Gasteiger partial charge in [-0.1, -0.05) is 11.6 Å². The van der Waals surface area contributed by atoms with Gasteiger partial charge in [-0.05, 0) is 51.5 Å². The molecule has 0 radical (unpaired) electrons. The molecule has 0 bridgehead atoms. The van der Waals surface area contributed by atoms with Gasteiger partial charge in [0.15, 0.2) is 18.2 Å². The average molecular weight is 677 g/mol. The molecule has 48 heavy (non-hydrogen) atoms. The summed E-state index contributed by atoms with van der Waals surface area (Å²) in [5.74, 6) is -1.11. The fourth-order valence-electron chi connectivity index (χ4n) is 5.61. The Bertz CT molecular complexity index is 1680. The predicted octanol–water partition coefficient (Wildman–Crippen LogP) is 0.419. The number of ether oxygens (including phenoxy) is 5. The normalized spacial score (nSPS) is 30.6. The summed E-state index contributed by atoms with van der Waals surface area (Å²) in [7, 11) is 1.47. The van der Waals surface area contributed by atoms with Crippen molar-refractivity contribution in [2.75, 3.05) is 13.7 Å². The first-order valence-corrected chi connectivity index (χ1v) is 15.2. The molecule has 0 spiro atoms. The van der Waals surface area contributed by atoms with E-state index in [1.807, 2.05) is 13.8 Å². The zero-order valence-electron chi connectivity index (χ0n) is 26.6. The van der Waals surface area contributed by atoms with Crippen LogP contribution in [0.4, 0.5) is 0 Å². The van der Waals surface area contributed by atoms with E-state index in [9.17, 15) is 45.6 Å². The number of aliphatic hydroxyl groups excluding tert-OH is 6. The van der Waals surface area contributed by atoms with Gasteiger partial charge in [0.05, 0.1) is 19.8 Å². The highest BCUT2D eigenvalue weighted by Gasteiger charge is 2.51. The molecular weight excluding hydrogens is 636 g/mol. The topological polar surface area (TPSA) is 238 Å². The molecule has 10 atom stereocenters. The van der Waals surface area contributed by atoms with Crippen LogP contribution in [0.5, 0.6) is 23.0 Å². The van der Waals surface area contributed by atoms with Crippen LogP contribution in [0, 0.1) is 0 Å². The van der Waals surface area contributed by atoms with E-state index in [-0.39, 0.29) is 34.5 Å². The van der Waals surface area contributed by atoms with Crippen molar-refractivity contribution < 1.29 is 69.0 Å². The number of aliphatic hydroxyl groups is 6. The quantitative estimate of drug-likeness (QED) is 0.143. The van der Waals surface area contributed by atoms with E-state index in [2.05, 4.69) is 0 Å². The Morgan fingerprint density at radius 2 is 1.58 bits per heavy atom. The van der Waals surface area contributed by atoms with Gasteiger partial charge in [-0.2, -0.15) is 0 Å². The third-order valence-corrected chi connectivity index (χ3v) is 8.41. The minimum Gasteiger partial charge on any atom is -0.507 e. The monoisotopic (exact) mass is 676 g/mol. The fourth-order valence-corrected chi connectivity index (χ4v) is 5.61. The van der Waals surface area contributed by atoms with Crippen LogP contribution in [-0.2, 0) is 20.6 Å². The van der Waals surface area contributed by atoms with Crippen LogP contribution in [-0.4, -0.2) is 116 Å². The van der Waals surface area contributed by atoms with Gasteiger partial charge in [0.25, 0.3) is 0 Å². The molecule has 15 nitrogen and oxygen atoms in total. The molecule has 2 aromatic carbocycles. The Hall–Kier alpha value is -3.77. The minimum atomic E-state index is -1.88. The molecule has 2 aliphatic heterocycles. The number of rotatable bonds is 9. The number of hydrogen-bond donors (Lipinski definition) is 8. The van der Waals surface area contributed by atoms with Crippen molar-refractivity contribution in [3.8, 4) is 34.3 Å². The zero-order chi connectivity index (χ0) is 35.0. The molecule has 1 aromatic heterocycles. The van der Waals surface area contributed by atoms with Crippen LogP contribution in [0.3, 0.4) is 0 Å². The average Bonchev–Trinajstić information content (AvgIpc) is 3.05. The van der Waals surface area contributed by atoms with Gasteiger partial charge in [-0.3, -0.25) is 4.79 Å². The maximum absolute atomic E-state index is 14.3. The van der Waals surface area contributed by atoms with E-state index >= 15 is 0 Å². The number of hydrogen-bond acceptors (Lipinski definition) is 15. The second kappa shape index (κ2) is 14.4. The molecule has 2 saturated heterocycles. The summed E-state index contributed by atoms with van der Waals surface area (Å²) in [6.07, 6.45) is -14.4. The summed E-state index contributed by atoms with van der Waals surface area (Å²) in [4.78, 5) is 14.3. The SMILES string of the molecule is COc1ccc(-c2oc3c(CC=C(C)C)c(O)cc(O)c3c(=O)c2O[C@@H]2O[C@@H](C)C(O)C(O)[C@H]2O[C@@H]2O[C@H](CO)[C@@H](O)[C@H](O)[C@H]2O)cc1. The summed E-state index contributed by atoms with van der Waals surface area (Å²) in [5, 5.41) is 83.7. The van der Waals surface area contributed by atoms with Gasteiger partial charge in [0.1, 0.15) is 64.8 Å². The molecule has 3 heterocycles. The van der Waals surface area contributed by atoms with Crippen molar-refractivity contribution >= 4 is 11.0 Å². The number of aromatic hydroxyl groups is 2. The first kappa shape index (κ1) is 35.5. The van der Waals surface area contributed by atoms with Crippen molar-refractivity contribution in [2.24, 2.45) is 0 Å². The van der Waals surface area contributed by atoms with Crippen molar-refractivity contribution in [3.63, 3.8) is 0 Å². The summed E-state index contributed by atoms with van der Waals surface area (Å²) >= 11 is 0. The summed E-state index contributed by atoms with van der Waals surface area (Å²) < 4.78 is 34.6. The molecule has 2 unspecified atom stereocenters. The van der Waals surface area contributed by atoms with Gasteiger partial charge in [-0.15, -0.1) is 0 Å². The Kier molecular flexibility index (Phi) is 10.6. The highest BCUT2D eigenvalue weighted by atomic mass is 16.8. The van der Waals surface area contributed by atoms with Crippen LogP contribution in [0.2, 0.25) is 0 Å². The molecule has 8 N–H and O–H groups in total. The van der Waals surface area contributed by atoms with E-state index in [4.69, 9.17) is 28.1 Å². The number of methoxy groups -OCH3 is 1. The lowest BCUT2D eigenvalue weighted by atomic mass is 9.97. The van der Waals surface area contributed by atoms with Gasteiger partial charge in [0.2, 0.25) is 17.5 Å². The maximum Gasteiger partial charge on any atom is 0.239 e. The number of benzene rings is 2. The summed E-state index contributed by atoms with van der Waals surface area (Å²) in [6.45, 7) is 4.37. The molecule has 0 aliphatic carbocycles. The number of allylic oxidation sites excluding steroid dienone is 2. The number of phenols is 2. The summed E-state index contributed by atoms with van der Waals surface area (Å²) in [6, 6.07) is 7.34. The van der Waals surface area contributed by atoms with E-state index in [1.54, 1.807) is 30.3 Å². The molecule has 2 fully saturated rings. The minimum absolute atomic E-state index is 0.115. The first-order chi connectivity index (χ1) is 22.8. The Labute approximate surface area is 274 Å². The Balaban J connectivity index is 1.65. The molecule has 5 rings (SSSR count). The van der Waals surface area contributed by atoms with Crippen molar-refractivity contribution in [1.82, 2.24) is 0 Å². The lowest BCUT2D eigenvalue weighted by Crippen LogP contribution is -2.64. The number of fused-ring (bicyclic) bond motifs is 1. The molecular formula is C33H40O15. The lowest BCUT2D eigenvalue weighted by Gasteiger charge is -2.45. The van der Waals surface area contributed by atoms with Gasteiger partial charge in [0, 0.05) is 17.2 Å². The van der Waals surface area contributed by atoms with E-state index in [0.717, 1.165) is 11.6 Å². The molecule has 0 saturated carbocycles. The highest BCUT2D eigenvalue weighted by Crippen LogP contribution is 2.41. The van der Waals surface area contributed by atoms with E-state index in [1.165, 1.54) is 14.0 Å². The standard InChI is InChI=1S/C33H40O15/c1-13(2)5-10-17-18(35)11-19(36)21-24(39)30(28(46-29(17)21)15-6-8-16(43-4)9-7-15)47-33-31(26(41)22(37)14(3)44-33)48-32-27(42)25(40)23(38)20(12-34)45-32/h5-9,11,14,20,22-23,25-27,31-38,40-42H,10,12H2,1-4H3/t14-,20+,22?,23+,25-,26?,27+,31+,32-,33-/m0/s1. The maximum atomic E-state index is 14.3. The third kappa shape index (κ3) is 6.74. The van der Waals surface area contributed by atoms with Gasteiger partial charge in [-0.25, -0.2) is 0 Å². The van der Waals surface area contributed by atoms with Crippen molar-refractivity contribution in [3.05, 3.63) is 57.8 Å². The van der Waals surface area contributed by atoms with Gasteiger partial charge < -0.3 is 69.0 Å². The largest absolute Gasteiger partial charge is 0.507 e. The fraction of sp³-hybridized carbons (Fsp3) is 0.485. The number of phenolic OH excluding ortho intramolecular Hbond substituents is 2. The lowest BCUT2D eigenvalue weighted by molar-refractivity contribution is -0.355. The Morgan fingerprint density at radius 3 is 2.21 bits per heavy atom. The smallest absolute Gasteiger partial charge is 0.239 e. The van der Waals surface area contributed by atoms with Crippen molar-refractivity contribution in [2.45, 2.75) is 88.6 Å². The highest BCUT2D eigenvalue weighted by molar-refractivity contribution is 5.91. The molecule has 15 heteroatoms. The van der Waals surface area contributed by atoms with Crippen LogP contribution < -0.4 is 14.9 Å².